The molecule has 3 aromatic heterocycles. The fourth-order valence-corrected chi connectivity index (χ4v) is 4.69. The standard InChI is InChI=1S/C26H30F2N8O2/c1-4-5-6-21-32-26(38-33-21)35-11-9-17(10-12-35)36-14-19(28)22-23(29-15-30-24(22)36)31-20-8-7-16(13-18(20)27)25(37)34(2)3/h7-8,13-15,17H,4-6,9-12H2,1-3H3,(H,29,30,31). The summed E-state index contributed by atoms with van der Waals surface area (Å²) in [5, 5.41) is 7.12. The van der Waals surface area contributed by atoms with Gasteiger partial charge < -0.3 is 24.2 Å². The molecule has 0 saturated carbocycles. The van der Waals surface area contributed by atoms with Gasteiger partial charge in [-0.3, -0.25) is 4.79 Å². The van der Waals surface area contributed by atoms with Crippen LogP contribution in [-0.4, -0.2) is 62.7 Å². The third kappa shape index (κ3) is 5.02. The van der Waals surface area contributed by atoms with Crippen LogP contribution in [0.25, 0.3) is 11.0 Å². The van der Waals surface area contributed by atoms with E-state index >= 15 is 4.39 Å². The van der Waals surface area contributed by atoms with Crippen molar-refractivity contribution in [3.63, 3.8) is 0 Å². The van der Waals surface area contributed by atoms with Gasteiger partial charge in [0.05, 0.1) is 11.1 Å². The summed E-state index contributed by atoms with van der Waals surface area (Å²) >= 11 is 0. The maximum atomic E-state index is 15.2. The first-order valence-electron chi connectivity index (χ1n) is 12.7. The average molecular weight is 525 g/mol. The number of hydrogen-bond acceptors (Lipinski definition) is 8. The molecular formula is C26H30F2N8O2. The van der Waals surface area contributed by atoms with Gasteiger partial charge in [-0.05, 0) is 37.5 Å². The number of carbonyl (C=O) groups is 1. The van der Waals surface area contributed by atoms with Crippen molar-refractivity contribution >= 4 is 34.5 Å². The number of amides is 1. The molecule has 1 aromatic carbocycles. The van der Waals surface area contributed by atoms with Crippen LogP contribution in [0.5, 0.6) is 0 Å². The van der Waals surface area contributed by atoms with Crippen molar-refractivity contribution in [1.29, 1.82) is 0 Å². The van der Waals surface area contributed by atoms with Crippen LogP contribution in [0.4, 0.5) is 26.3 Å². The van der Waals surface area contributed by atoms with Crippen molar-refractivity contribution in [2.24, 2.45) is 0 Å². The second-order valence-corrected chi connectivity index (χ2v) is 9.64. The number of piperidine rings is 1. The summed E-state index contributed by atoms with van der Waals surface area (Å²) in [6.45, 7) is 3.48. The van der Waals surface area contributed by atoms with Crippen LogP contribution in [-0.2, 0) is 6.42 Å². The van der Waals surface area contributed by atoms with Crippen LogP contribution in [0.3, 0.4) is 0 Å². The van der Waals surface area contributed by atoms with Crippen LogP contribution in [0.1, 0.15) is 54.8 Å². The number of carbonyl (C=O) groups excluding carboxylic acids is 1. The summed E-state index contributed by atoms with van der Waals surface area (Å²) < 4.78 is 37.3. The maximum absolute atomic E-state index is 15.2. The molecule has 1 N–H and O–H groups in total. The zero-order chi connectivity index (χ0) is 26.8. The third-order valence-electron chi connectivity index (χ3n) is 6.78. The number of rotatable bonds is 8. The van der Waals surface area contributed by atoms with Crippen LogP contribution in [0, 0.1) is 11.6 Å². The lowest BCUT2D eigenvalue weighted by atomic mass is 10.1. The Kier molecular flexibility index (Phi) is 7.21. The van der Waals surface area contributed by atoms with Crippen LogP contribution in [0.2, 0.25) is 0 Å². The first kappa shape index (κ1) is 25.6. The highest BCUT2D eigenvalue weighted by Gasteiger charge is 2.27. The summed E-state index contributed by atoms with van der Waals surface area (Å²) in [7, 11) is 3.19. The van der Waals surface area contributed by atoms with Gasteiger partial charge >= 0.3 is 6.01 Å². The summed E-state index contributed by atoms with van der Waals surface area (Å²) in [6, 6.07) is 4.63. The van der Waals surface area contributed by atoms with E-state index in [1.54, 1.807) is 14.1 Å². The number of nitrogens with one attached hydrogen (secondary N) is 1. The molecule has 0 unspecified atom stereocenters. The Bertz CT molecular complexity index is 1440. The molecule has 1 aliphatic rings. The fraction of sp³-hybridized carbons (Fsp3) is 0.423. The molecule has 1 fully saturated rings. The molecule has 4 heterocycles. The van der Waals surface area contributed by atoms with E-state index in [4.69, 9.17) is 4.52 Å². The highest BCUT2D eigenvalue weighted by Crippen LogP contribution is 2.33. The van der Waals surface area contributed by atoms with Gasteiger partial charge in [0.15, 0.2) is 11.6 Å². The molecule has 12 heteroatoms. The number of hydrogen-bond donors (Lipinski definition) is 1. The van der Waals surface area contributed by atoms with E-state index in [1.807, 2.05) is 4.57 Å². The van der Waals surface area contributed by atoms with Gasteiger partial charge in [0.1, 0.15) is 23.6 Å². The first-order valence-corrected chi connectivity index (χ1v) is 12.7. The Morgan fingerprint density at radius 2 is 1.97 bits per heavy atom. The second kappa shape index (κ2) is 10.7. The summed E-state index contributed by atoms with van der Waals surface area (Å²) in [4.78, 5) is 28.6. The summed E-state index contributed by atoms with van der Waals surface area (Å²) in [5.74, 6) is -0.585. The maximum Gasteiger partial charge on any atom is 0.324 e. The Balaban J connectivity index is 1.33. The van der Waals surface area contributed by atoms with Crippen molar-refractivity contribution in [2.45, 2.75) is 45.1 Å². The zero-order valence-electron chi connectivity index (χ0n) is 21.6. The Labute approximate surface area is 218 Å². The number of anilines is 3. The predicted octanol–water partition coefficient (Wildman–Crippen LogP) is 4.72. The minimum Gasteiger partial charge on any atom is -0.345 e. The quantitative estimate of drug-likeness (QED) is 0.353. The second-order valence-electron chi connectivity index (χ2n) is 9.64. The van der Waals surface area contributed by atoms with Crippen LogP contribution < -0.4 is 10.2 Å². The Morgan fingerprint density at radius 3 is 2.68 bits per heavy atom. The highest BCUT2D eigenvalue weighted by atomic mass is 19.1. The van der Waals surface area contributed by atoms with Gasteiger partial charge in [0, 0.05) is 51.4 Å². The Hall–Kier alpha value is -4.09. The van der Waals surface area contributed by atoms with Crippen molar-refractivity contribution in [3.05, 3.63) is 53.7 Å². The molecule has 1 aliphatic heterocycles. The molecule has 5 rings (SSSR count). The number of unbranched alkanes of at least 4 members (excludes halogenated alkanes) is 1. The van der Waals surface area contributed by atoms with E-state index in [0.717, 1.165) is 44.0 Å². The van der Waals surface area contributed by atoms with Gasteiger partial charge in [-0.25, -0.2) is 18.7 Å². The normalized spacial score (nSPS) is 14.3. The van der Waals surface area contributed by atoms with Crippen LogP contribution >= 0.6 is 0 Å². The van der Waals surface area contributed by atoms with Crippen molar-refractivity contribution in [3.8, 4) is 0 Å². The van der Waals surface area contributed by atoms with E-state index in [2.05, 4.69) is 37.2 Å². The van der Waals surface area contributed by atoms with Crippen molar-refractivity contribution in [2.75, 3.05) is 37.4 Å². The van der Waals surface area contributed by atoms with E-state index in [9.17, 15) is 9.18 Å². The number of halogens is 2. The topological polar surface area (TPSA) is 105 Å². The third-order valence-corrected chi connectivity index (χ3v) is 6.78. The molecule has 0 spiro atoms. The predicted molar refractivity (Wildman–Crippen MR) is 139 cm³/mol. The van der Waals surface area contributed by atoms with E-state index in [0.29, 0.717) is 24.8 Å². The summed E-state index contributed by atoms with van der Waals surface area (Å²) in [5.41, 5.74) is 0.726. The minimum atomic E-state index is -0.643. The fourth-order valence-electron chi connectivity index (χ4n) is 4.69. The number of aromatic nitrogens is 5. The van der Waals surface area contributed by atoms with Gasteiger partial charge in [-0.1, -0.05) is 18.5 Å². The van der Waals surface area contributed by atoms with Crippen molar-refractivity contribution < 1.29 is 18.1 Å². The average Bonchev–Trinajstić information content (AvgIpc) is 3.53. The first-order chi connectivity index (χ1) is 18.4. The molecular weight excluding hydrogens is 494 g/mol. The molecule has 4 aromatic rings. The van der Waals surface area contributed by atoms with Crippen molar-refractivity contribution in [1.82, 2.24) is 29.6 Å². The number of aryl methyl sites for hydroxylation is 1. The lowest BCUT2D eigenvalue weighted by Gasteiger charge is -2.31. The minimum absolute atomic E-state index is 0.0107. The largest absolute Gasteiger partial charge is 0.345 e. The van der Waals surface area contributed by atoms with E-state index < -0.39 is 11.6 Å². The van der Waals surface area contributed by atoms with Gasteiger partial charge in [0.2, 0.25) is 0 Å². The number of fused-ring (bicyclic) bond motifs is 1. The highest BCUT2D eigenvalue weighted by molar-refractivity contribution is 5.95. The monoisotopic (exact) mass is 524 g/mol. The molecule has 0 atom stereocenters. The molecule has 1 amide bonds. The number of nitrogens with zero attached hydrogens (tertiary/aromatic N) is 7. The van der Waals surface area contributed by atoms with Gasteiger partial charge in [-0.2, -0.15) is 4.98 Å². The molecule has 38 heavy (non-hydrogen) atoms. The summed E-state index contributed by atoms with van der Waals surface area (Å²) in [6.07, 6.45) is 7.10. The smallest absolute Gasteiger partial charge is 0.324 e. The van der Waals surface area contributed by atoms with Gasteiger partial charge in [0.25, 0.3) is 5.91 Å². The molecule has 0 aliphatic carbocycles. The lowest BCUT2D eigenvalue weighted by molar-refractivity contribution is 0.0827. The lowest BCUT2D eigenvalue weighted by Crippen LogP contribution is -2.34. The van der Waals surface area contributed by atoms with Gasteiger partial charge in [-0.15, -0.1) is 0 Å². The molecule has 0 bridgehead atoms. The molecule has 10 nitrogen and oxygen atoms in total. The van der Waals surface area contributed by atoms with Crippen LogP contribution in [0.15, 0.2) is 35.2 Å². The molecule has 0 radical (unpaired) electrons. The zero-order valence-corrected chi connectivity index (χ0v) is 21.6. The molecule has 200 valence electrons. The van der Waals surface area contributed by atoms with E-state index in [-0.39, 0.29) is 34.4 Å². The number of benzene rings is 1. The molecule has 1 saturated heterocycles. The van der Waals surface area contributed by atoms with E-state index in [1.165, 1.54) is 29.6 Å². The Morgan fingerprint density at radius 1 is 1.18 bits per heavy atom. The SMILES string of the molecule is CCCCc1noc(N2CCC(n3cc(F)c4c(Nc5ccc(C(=O)N(C)C)cc5F)ncnc43)CC2)n1.